The highest BCUT2D eigenvalue weighted by atomic mass is 32.1. The third-order valence-electron chi connectivity index (χ3n) is 3.42. The van der Waals surface area contributed by atoms with Gasteiger partial charge in [0.2, 0.25) is 0 Å². The highest BCUT2D eigenvalue weighted by molar-refractivity contribution is 7.12. The van der Waals surface area contributed by atoms with E-state index >= 15 is 0 Å². The molecule has 0 aliphatic rings. The zero-order valence-electron chi connectivity index (χ0n) is 12.6. The number of rotatable bonds is 7. The Morgan fingerprint density at radius 3 is 2.56 bits per heavy atom. The summed E-state index contributed by atoms with van der Waals surface area (Å²) in [4.78, 5) is 2.83. The average molecular weight is 269 g/mol. The summed E-state index contributed by atoms with van der Waals surface area (Å²) in [7, 11) is 1.77. The molecule has 2 nitrogen and oxygen atoms in total. The summed E-state index contributed by atoms with van der Waals surface area (Å²) in [5.74, 6) is 0. The molecule has 0 bridgehead atoms. The highest BCUT2D eigenvalue weighted by Crippen LogP contribution is 2.27. The molecule has 3 heteroatoms. The van der Waals surface area contributed by atoms with Crippen molar-refractivity contribution in [3.05, 3.63) is 21.4 Å². The van der Waals surface area contributed by atoms with E-state index in [1.54, 1.807) is 7.11 Å². The Labute approximate surface area is 116 Å². The van der Waals surface area contributed by atoms with Crippen LogP contribution in [-0.4, -0.2) is 20.3 Å². The van der Waals surface area contributed by atoms with Crippen molar-refractivity contribution in [2.75, 3.05) is 20.3 Å². The number of methoxy groups -OCH3 is 1. The smallest absolute Gasteiger partial charge is 0.0467 e. The van der Waals surface area contributed by atoms with Crippen molar-refractivity contribution in [3.8, 4) is 0 Å². The fourth-order valence-electron chi connectivity index (χ4n) is 2.09. The molecule has 0 aliphatic heterocycles. The molecule has 1 aromatic rings. The average Bonchev–Trinajstić information content (AvgIpc) is 2.63. The second-order valence-corrected chi connectivity index (χ2v) is 7.34. The van der Waals surface area contributed by atoms with E-state index < -0.39 is 0 Å². The lowest BCUT2D eigenvalue weighted by atomic mass is 9.89. The summed E-state index contributed by atoms with van der Waals surface area (Å²) >= 11 is 1.88. The van der Waals surface area contributed by atoms with E-state index in [1.807, 2.05) is 11.3 Å². The SMILES string of the molecule is COCCC(C)(C)CNC(C)c1cc(C)sc1C. The Bertz CT molecular complexity index is 371. The molecule has 0 aromatic carbocycles. The number of aryl methyl sites for hydroxylation is 2. The maximum absolute atomic E-state index is 5.17. The van der Waals surface area contributed by atoms with Crippen molar-refractivity contribution >= 4 is 11.3 Å². The first-order chi connectivity index (χ1) is 8.35. The van der Waals surface area contributed by atoms with Gasteiger partial charge in [-0.1, -0.05) is 13.8 Å². The summed E-state index contributed by atoms with van der Waals surface area (Å²) in [6.45, 7) is 13.1. The minimum absolute atomic E-state index is 0.281. The van der Waals surface area contributed by atoms with Gasteiger partial charge in [-0.25, -0.2) is 0 Å². The molecule has 18 heavy (non-hydrogen) atoms. The fourth-order valence-corrected chi connectivity index (χ4v) is 3.11. The van der Waals surface area contributed by atoms with Gasteiger partial charge in [-0.2, -0.15) is 0 Å². The van der Waals surface area contributed by atoms with Crippen molar-refractivity contribution in [3.63, 3.8) is 0 Å². The van der Waals surface area contributed by atoms with Gasteiger partial charge in [0.1, 0.15) is 0 Å². The minimum atomic E-state index is 0.281. The highest BCUT2D eigenvalue weighted by Gasteiger charge is 2.19. The Hall–Kier alpha value is -0.380. The van der Waals surface area contributed by atoms with Gasteiger partial charge in [0.15, 0.2) is 0 Å². The van der Waals surface area contributed by atoms with Gasteiger partial charge in [0.25, 0.3) is 0 Å². The van der Waals surface area contributed by atoms with Crippen LogP contribution in [0.4, 0.5) is 0 Å². The molecule has 104 valence electrons. The summed E-state index contributed by atoms with van der Waals surface area (Å²) < 4.78 is 5.17. The lowest BCUT2D eigenvalue weighted by molar-refractivity contribution is 0.149. The molecule has 1 unspecified atom stereocenters. The number of thiophene rings is 1. The Kier molecular flexibility index (Phi) is 5.83. The van der Waals surface area contributed by atoms with Gasteiger partial charge in [0.05, 0.1) is 0 Å². The maximum Gasteiger partial charge on any atom is 0.0467 e. The Morgan fingerprint density at radius 2 is 2.06 bits per heavy atom. The molecule has 0 spiro atoms. The molecule has 0 amide bonds. The fraction of sp³-hybridized carbons (Fsp3) is 0.733. The molecule has 0 saturated heterocycles. The van der Waals surface area contributed by atoms with Crippen molar-refractivity contribution in [1.82, 2.24) is 5.32 Å². The predicted octanol–water partition coefficient (Wildman–Crippen LogP) is 4.08. The van der Waals surface area contributed by atoms with Crippen LogP contribution in [0.15, 0.2) is 6.07 Å². The van der Waals surface area contributed by atoms with Crippen LogP contribution >= 0.6 is 11.3 Å². The molecular formula is C15H27NOS. The molecule has 0 radical (unpaired) electrons. The Morgan fingerprint density at radius 1 is 1.39 bits per heavy atom. The van der Waals surface area contributed by atoms with E-state index in [9.17, 15) is 0 Å². The molecule has 0 aliphatic carbocycles. The van der Waals surface area contributed by atoms with E-state index in [4.69, 9.17) is 4.74 Å². The standard InChI is InChI=1S/C15H27NOS/c1-11-9-14(13(3)18-11)12(2)16-10-15(4,5)7-8-17-6/h9,12,16H,7-8,10H2,1-6H3. The van der Waals surface area contributed by atoms with Crippen LogP contribution in [0.25, 0.3) is 0 Å². The quantitative estimate of drug-likeness (QED) is 0.805. The number of hydrogen-bond acceptors (Lipinski definition) is 3. The molecular weight excluding hydrogens is 242 g/mol. The van der Waals surface area contributed by atoms with Crippen LogP contribution < -0.4 is 5.32 Å². The van der Waals surface area contributed by atoms with E-state index in [0.717, 1.165) is 19.6 Å². The van der Waals surface area contributed by atoms with Crippen molar-refractivity contribution in [2.45, 2.75) is 47.1 Å². The Balaban J connectivity index is 2.50. The molecule has 1 N–H and O–H groups in total. The molecule has 0 saturated carbocycles. The van der Waals surface area contributed by atoms with Gasteiger partial charge in [0, 0.05) is 36.1 Å². The lowest BCUT2D eigenvalue weighted by Gasteiger charge is -2.27. The summed E-state index contributed by atoms with van der Waals surface area (Å²) in [6, 6.07) is 2.73. The van der Waals surface area contributed by atoms with Crippen LogP contribution in [0.3, 0.4) is 0 Å². The van der Waals surface area contributed by atoms with E-state index in [0.29, 0.717) is 6.04 Å². The second-order valence-electron chi connectivity index (χ2n) is 5.88. The van der Waals surface area contributed by atoms with E-state index in [2.05, 4.69) is 46.0 Å². The predicted molar refractivity (Wildman–Crippen MR) is 80.5 cm³/mol. The van der Waals surface area contributed by atoms with Gasteiger partial charge in [-0.05, 0) is 44.2 Å². The normalized spacial score (nSPS) is 13.9. The van der Waals surface area contributed by atoms with Crippen LogP contribution in [0.1, 0.15) is 48.6 Å². The molecule has 1 rings (SSSR count). The third kappa shape index (κ3) is 4.71. The molecule has 1 aromatic heterocycles. The van der Waals surface area contributed by atoms with Crippen LogP contribution in [0, 0.1) is 19.3 Å². The second kappa shape index (κ2) is 6.69. The van der Waals surface area contributed by atoms with E-state index in [-0.39, 0.29) is 5.41 Å². The van der Waals surface area contributed by atoms with Crippen LogP contribution in [0.2, 0.25) is 0 Å². The zero-order chi connectivity index (χ0) is 13.8. The van der Waals surface area contributed by atoms with Crippen molar-refractivity contribution in [1.29, 1.82) is 0 Å². The summed E-state index contributed by atoms with van der Waals surface area (Å²) in [5.41, 5.74) is 1.73. The maximum atomic E-state index is 5.17. The largest absolute Gasteiger partial charge is 0.385 e. The van der Waals surface area contributed by atoms with Gasteiger partial charge in [-0.3, -0.25) is 0 Å². The van der Waals surface area contributed by atoms with Gasteiger partial charge >= 0.3 is 0 Å². The van der Waals surface area contributed by atoms with Gasteiger partial charge in [-0.15, -0.1) is 11.3 Å². The molecule has 1 heterocycles. The topological polar surface area (TPSA) is 21.3 Å². The van der Waals surface area contributed by atoms with Crippen LogP contribution in [0.5, 0.6) is 0 Å². The summed E-state index contributed by atoms with van der Waals surface area (Å²) in [5, 5.41) is 3.65. The number of hydrogen-bond donors (Lipinski definition) is 1. The van der Waals surface area contributed by atoms with E-state index in [1.165, 1.54) is 15.3 Å². The van der Waals surface area contributed by atoms with Gasteiger partial charge < -0.3 is 10.1 Å². The zero-order valence-corrected chi connectivity index (χ0v) is 13.4. The number of nitrogens with one attached hydrogen (secondary N) is 1. The van der Waals surface area contributed by atoms with Crippen molar-refractivity contribution in [2.24, 2.45) is 5.41 Å². The third-order valence-corrected chi connectivity index (χ3v) is 4.40. The molecule has 0 fully saturated rings. The summed E-state index contributed by atoms with van der Waals surface area (Å²) in [6.07, 6.45) is 1.09. The first-order valence-electron chi connectivity index (χ1n) is 6.65. The van der Waals surface area contributed by atoms with Crippen LogP contribution in [-0.2, 0) is 4.74 Å². The first-order valence-corrected chi connectivity index (χ1v) is 7.46. The monoisotopic (exact) mass is 269 g/mol. The number of ether oxygens (including phenoxy) is 1. The minimum Gasteiger partial charge on any atom is -0.385 e. The lowest BCUT2D eigenvalue weighted by Crippen LogP contribution is -2.32. The molecule has 1 atom stereocenters. The van der Waals surface area contributed by atoms with Crippen molar-refractivity contribution < 1.29 is 4.74 Å². The first kappa shape index (κ1) is 15.7.